The number of urea groups is 1. The van der Waals surface area contributed by atoms with Crippen LogP contribution in [0.15, 0.2) is 29.3 Å². The SMILES string of the molecule is Cc1cc(=O)n(Cc2cc3c(cc2Cl)[C@@](C#CC2CC2)(C(F)(F)F)NC(=O)N3)cn1. The number of anilines is 1. The third kappa shape index (κ3) is 3.63. The minimum Gasteiger partial charge on any atom is -0.310 e. The van der Waals surface area contributed by atoms with Gasteiger partial charge in [-0.2, -0.15) is 13.2 Å². The third-order valence-electron chi connectivity index (χ3n) is 4.96. The Bertz CT molecular complexity index is 1160. The van der Waals surface area contributed by atoms with Crippen molar-refractivity contribution in [2.45, 2.75) is 38.0 Å². The van der Waals surface area contributed by atoms with Crippen LogP contribution in [0.1, 0.15) is 29.7 Å². The topological polar surface area (TPSA) is 76.0 Å². The van der Waals surface area contributed by atoms with Crippen LogP contribution in [-0.2, 0) is 12.1 Å². The zero-order valence-electron chi connectivity index (χ0n) is 15.7. The van der Waals surface area contributed by atoms with Crippen molar-refractivity contribution in [1.29, 1.82) is 0 Å². The summed E-state index contributed by atoms with van der Waals surface area (Å²) in [5.41, 5.74) is -2.65. The van der Waals surface area contributed by atoms with Gasteiger partial charge in [0.15, 0.2) is 0 Å². The fourth-order valence-electron chi connectivity index (χ4n) is 3.19. The van der Waals surface area contributed by atoms with Crippen LogP contribution in [0.4, 0.5) is 23.7 Å². The first-order valence-corrected chi connectivity index (χ1v) is 9.51. The van der Waals surface area contributed by atoms with Crippen LogP contribution in [0.5, 0.6) is 0 Å². The molecule has 2 aliphatic rings. The van der Waals surface area contributed by atoms with E-state index >= 15 is 0 Å². The van der Waals surface area contributed by atoms with Crippen molar-refractivity contribution in [1.82, 2.24) is 14.9 Å². The molecule has 30 heavy (non-hydrogen) atoms. The number of rotatable bonds is 2. The molecule has 1 aromatic carbocycles. The van der Waals surface area contributed by atoms with Crippen LogP contribution < -0.4 is 16.2 Å². The Labute approximate surface area is 174 Å². The van der Waals surface area contributed by atoms with E-state index in [-0.39, 0.29) is 34.3 Å². The van der Waals surface area contributed by atoms with Crippen molar-refractivity contribution < 1.29 is 18.0 Å². The number of hydrogen-bond donors (Lipinski definition) is 2. The summed E-state index contributed by atoms with van der Waals surface area (Å²) >= 11 is 6.29. The monoisotopic (exact) mass is 436 g/mol. The molecule has 0 bridgehead atoms. The average molecular weight is 437 g/mol. The van der Waals surface area contributed by atoms with E-state index in [9.17, 15) is 22.8 Å². The summed E-state index contributed by atoms with van der Waals surface area (Å²) < 4.78 is 43.7. The maximum Gasteiger partial charge on any atom is 0.427 e. The second-order valence-corrected chi connectivity index (χ2v) is 7.76. The highest BCUT2D eigenvalue weighted by Gasteiger charge is 2.59. The summed E-state index contributed by atoms with van der Waals surface area (Å²) in [5.74, 6) is 4.78. The summed E-state index contributed by atoms with van der Waals surface area (Å²) in [7, 11) is 0. The molecule has 1 saturated carbocycles. The third-order valence-corrected chi connectivity index (χ3v) is 5.31. The molecule has 1 aliphatic carbocycles. The van der Waals surface area contributed by atoms with Gasteiger partial charge in [0.2, 0.25) is 5.54 Å². The van der Waals surface area contributed by atoms with Crippen molar-refractivity contribution >= 4 is 23.3 Å². The van der Waals surface area contributed by atoms with Crippen LogP contribution >= 0.6 is 11.6 Å². The van der Waals surface area contributed by atoms with Gasteiger partial charge in [-0.25, -0.2) is 9.78 Å². The van der Waals surface area contributed by atoms with E-state index < -0.39 is 17.7 Å². The molecule has 156 valence electrons. The highest BCUT2D eigenvalue weighted by atomic mass is 35.5. The molecule has 1 atom stereocenters. The number of halogens is 4. The predicted molar refractivity (Wildman–Crippen MR) is 104 cm³/mol. The molecule has 2 amide bonds. The highest BCUT2D eigenvalue weighted by Crippen LogP contribution is 2.45. The van der Waals surface area contributed by atoms with Gasteiger partial charge in [0.1, 0.15) is 0 Å². The lowest BCUT2D eigenvalue weighted by molar-refractivity contribution is -0.178. The van der Waals surface area contributed by atoms with Gasteiger partial charge in [0.25, 0.3) is 5.56 Å². The maximum absolute atomic E-state index is 14.1. The number of aromatic nitrogens is 2. The first-order chi connectivity index (χ1) is 14.1. The average Bonchev–Trinajstić information content (AvgIpc) is 3.46. The summed E-state index contributed by atoms with van der Waals surface area (Å²) in [6.07, 6.45) is -2.07. The van der Waals surface area contributed by atoms with Gasteiger partial charge >= 0.3 is 12.2 Å². The molecule has 1 fully saturated rings. The molecule has 2 heterocycles. The Morgan fingerprint density at radius 2 is 2.03 bits per heavy atom. The molecule has 1 aliphatic heterocycles. The molecule has 1 aromatic heterocycles. The van der Waals surface area contributed by atoms with E-state index in [0.717, 1.165) is 18.9 Å². The van der Waals surface area contributed by atoms with Gasteiger partial charge in [0, 0.05) is 34.0 Å². The second-order valence-electron chi connectivity index (χ2n) is 7.36. The van der Waals surface area contributed by atoms with Gasteiger partial charge in [0.05, 0.1) is 12.9 Å². The number of benzene rings is 1. The maximum atomic E-state index is 14.1. The Kier molecular flexibility index (Phi) is 4.77. The van der Waals surface area contributed by atoms with Crippen LogP contribution in [-0.4, -0.2) is 21.8 Å². The summed E-state index contributed by atoms with van der Waals surface area (Å²) in [6, 6.07) is 2.79. The molecular weight excluding hydrogens is 421 g/mol. The molecule has 2 aromatic rings. The highest BCUT2D eigenvalue weighted by molar-refractivity contribution is 6.31. The van der Waals surface area contributed by atoms with Crippen LogP contribution in [0.3, 0.4) is 0 Å². The molecule has 0 spiro atoms. The molecule has 10 heteroatoms. The zero-order valence-corrected chi connectivity index (χ0v) is 16.5. The standard InChI is InChI=1S/C20H16ClF3N4O2/c1-11-6-17(29)28(10-25-11)9-13-7-16-14(8-15(13)21)19(20(22,23)24,27-18(30)26-16)5-4-12-2-3-12/h6-8,10,12H,2-3,9H2,1H3,(H2,26,27,30)/t19-/m0/s1. The Balaban J connectivity index is 1.82. The molecule has 0 saturated heterocycles. The number of hydrogen-bond acceptors (Lipinski definition) is 3. The number of alkyl halides is 3. The number of aryl methyl sites for hydroxylation is 1. The van der Waals surface area contributed by atoms with Gasteiger partial charge in [-0.15, -0.1) is 0 Å². The lowest BCUT2D eigenvalue weighted by Crippen LogP contribution is -2.59. The summed E-state index contributed by atoms with van der Waals surface area (Å²) in [6.45, 7) is 1.65. The van der Waals surface area contributed by atoms with Crippen LogP contribution in [0.25, 0.3) is 0 Å². The van der Waals surface area contributed by atoms with Crippen molar-refractivity contribution in [3.05, 3.63) is 56.7 Å². The number of nitrogens with zero attached hydrogens (tertiary/aromatic N) is 2. The summed E-state index contributed by atoms with van der Waals surface area (Å²) in [5, 5.41) is 4.35. The van der Waals surface area contributed by atoms with E-state index in [0.29, 0.717) is 11.3 Å². The number of fused-ring (bicyclic) bond motifs is 1. The van der Waals surface area contributed by atoms with E-state index in [2.05, 4.69) is 22.1 Å². The molecule has 0 radical (unpaired) electrons. The number of nitrogens with one attached hydrogen (secondary N) is 2. The van der Waals surface area contributed by atoms with E-state index in [1.165, 1.54) is 23.0 Å². The first-order valence-electron chi connectivity index (χ1n) is 9.13. The lowest BCUT2D eigenvalue weighted by Gasteiger charge is -2.37. The predicted octanol–water partition coefficient (Wildman–Crippen LogP) is 3.56. The normalized spacial score (nSPS) is 20.5. The Morgan fingerprint density at radius 3 is 2.67 bits per heavy atom. The fraction of sp³-hybridized carbons (Fsp3) is 0.350. The van der Waals surface area contributed by atoms with E-state index in [1.807, 2.05) is 5.32 Å². The molecule has 2 N–H and O–H groups in total. The Hall–Kier alpha value is -2.99. The second kappa shape index (κ2) is 7.06. The van der Waals surface area contributed by atoms with Crippen molar-refractivity contribution in [2.75, 3.05) is 5.32 Å². The first kappa shape index (κ1) is 20.3. The van der Waals surface area contributed by atoms with Crippen molar-refractivity contribution in [2.24, 2.45) is 5.92 Å². The quantitative estimate of drug-likeness (QED) is 0.707. The molecule has 4 rings (SSSR count). The van der Waals surface area contributed by atoms with Crippen molar-refractivity contribution in [3.63, 3.8) is 0 Å². The lowest BCUT2D eigenvalue weighted by atomic mass is 9.85. The molecular formula is C20H16ClF3N4O2. The van der Waals surface area contributed by atoms with Gasteiger partial charge in [-0.1, -0.05) is 23.4 Å². The zero-order chi connectivity index (χ0) is 21.7. The number of amides is 2. The number of carbonyl (C=O) groups is 1. The van der Waals surface area contributed by atoms with Gasteiger partial charge < -0.3 is 10.6 Å². The minimum absolute atomic E-state index is 0.0148. The smallest absolute Gasteiger partial charge is 0.310 e. The number of carbonyl (C=O) groups excluding carboxylic acids is 1. The van der Waals surface area contributed by atoms with Crippen LogP contribution in [0, 0.1) is 24.7 Å². The summed E-state index contributed by atoms with van der Waals surface area (Å²) in [4.78, 5) is 28.3. The van der Waals surface area contributed by atoms with Crippen molar-refractivity contribution in [3.8, 4) is 11.8 Å². The Morgan fingerprint density at radius 1 is 1.30 bits per heavy atom. The minimum atomic E-state index is -4.87. The largest absolute Gasteiger partial charge is 0.427 e. The van der Waals surface area contributed by atoms with E-state index in [1.54, 1.807) is 6.92 Å². The molecule has 0 unspecified atom stereocenters. The fourth-order valence-corrected chi connectivity index (χ4v) is 3.42. The van der Waals surface area contributed by atoms with E-state index in [4.69, 9.17) is 11.6 Å². The molecule has 6 nitrogen and oxygen atoms in total. The van der Waals surface area contributed by atoms with Gasteiger partial charge in [-0.3, -0.25) is 9.36 Å². The van der Waals surface area contributed by atoms with Crippen LogP contribution in [0.2, 0.25) is 5.02 Å². The van der Waals surface area contributed by atoms with Gasteiger partial charge in [-0.05, 0) is 37.5 Å².